The Morgan fingerprint density at radius 2 is 1.50 bits per heavy atom. The molecule has 5 N–H and O–H groups in total. The summed E-state index contributed by atoms with van der Waals surface area (Å²) in [7, 11) is 0. The molecule has 28 heavy (non-hydrogen) atoms. The fraction of sp³-hybridized carbons (Fsp3) is 0.545. The molecule has 0 aromatic heterocycles. The lowest BCUT2D eigenvalue weighted by Crippen LogP contribution is -2.35. The number of allylic oxidation sites excluding steroid dienone is 1. The van der Waals surface area contributed by atoms with E-state index >= 15 is 0 Å². The number of aryl methyl sites for hydroxylation is 1. The second-order valence-electron chi connectivity index (χ2n) is 7.11. The van der Waals surface area contributed by atoms with Crippen LogP contribution in [0.1, 0.15) is 76.2 Å². The molecule has 0 unspecified atom stereocenters. The van der Waals surface area contributed by atoms with Crippen molar-refractivity contribution in [1.29, 1.82) is 0 Å². The van der Waals surface area contributed by atoms with Gasteiger partial charge in [0.05, 0.1) is 0 Å². The van der Waals surface area contributed by atoms with Gasteiger partial charge >= 0.3 is 0 Å². The third kappa shape index (κ3) is 12.3. The van der Waals surface area contributed by atoms with E-state index in [2.05, 4.69) is 30.3 Å². The maximum absolute atomic E-state index is 11.7. The van der Waals surface area contributed by atoms with Crippen LogP contribution >= 0.6 is 0 Å². The zero-order chi connectivity index (χ0) is 20.5. The highest BCUT2D eigenvalue weighted by Crippen LogP contribution is 2.12. The Morgan fingerprint density at radius 1 is 0.893 bits per heavy atom. The maximum atomic E-state index is 11.7. The molecule has 6 heteroatoms. The van der Waals surface area contributed by atoms with Crippen LogP contribution in [0.4, 0.5) is 0 Å². The van der Waals surface area contributed by atoms with Crippen LogP contribution in [-0.4, -0.2) is 16.8 Å². The number of carbonyl (C=O) groups is 2. The standard InChI is InChI=1S/C22H36N4O2/c23-25-21(27)17-18-22(28)26(24)19-13-8-6-4-2-1-3-5-7-10-14-20-15-11-9-12-16-20/h9,11-13,15-16,19H,1-8,10,14,17-18,23-24H2,(H,25,27). The van der Waals surface area contributed by atoms with Gasteiger partial charge in [0.25, 0.3) is 0 Å². The van der Waals surface area contributed by atoms with Crippen LogP contribution in [-0.2, 0) is 16.0 Å². The molecule has 0 saturated heterocycles. The van der Waals surface area contributed by atoms with Gasteiger partial charge in [-0.2, -0.15) is 0 Å². The Hall–Kier alpha value is -2.18. The average molecular weight is 389 g/mol. The molecule has 1 aromatic carbocycles. The Morgan fingerprint density at radius 3 is 2.14 bits per heavy atom. The fourth-order valence-electron chi connectivity index (χ4n) is 2.99. The summed E-state index contributed by atoms with van der Waals surface area (Å²) in [6.45, 7) is 0. The predicted octanol–water partition coefficient (Wildman–Crippen LogP) is 3.73. The first-order chi connectivity index (χ1) is 13.6. The summed E-state index contributed by atoms with van der Waals surface area (Å²) in [6, 6.07) is 10.7. The second-order valence-corrected chi connectivity index (χ2v) is 7.11. The van der Waals surface area contributed by atoms with E-state index in [0.717, 1.165) is 17.9 Å². The fourth-order valence-corrected chi connectivity index (χ4v) is 2.99. The van der Waals surface area contributed by atoms with Crippen LogP contribution in [0.5, 0.6) is 0 Å². The smallest absolute Gasteiger partial charge is 0.241 e. The van der Waals surface area contributed by atoms with E-state index in [-0.39, 0.29) is 24.7 Å². The summed E-state index contributed by atoms with van der Waals surface area (Å²) in [4.78, 5) is 22.7. The number of hydrazine groups is 2. The number of nitrogens with zero attached hydrogens (tertiary/aromatic N) is 1. The molecule has 156 valence electrons. The molecule has 0 heterocycles. The molecule has 0 atom stereocenters. The van der Waals surface area contributed by atoms with Crippen molar-refractivity contribution in [3.63, 3.8) is 0 Å². The number of unbranched alkanes of at least 4 members (excludes halogenated alkanes) is 8. The molecule has 1 aromatic rings. The van der Waals surface area contributed by atoms with Crippen molar-refractivity contribution in [3.05, 3.63) is 48.2 Å². The summed E-state index contributed by atoms with van der Waals surface area (Å²) in [5, 5.41) is 1.04. The molecule has 1 rings (SSSR count). The highest BCUT2D eigenvalue weighted by atomic mass is 16.2. The molecule has 2 amide bonds. The van der Waals surface area contributed by atoms with E-state index in [1.165, 1.54) is 56.9 Å². The maximum Gasteiger partial charge on any atom is 0.241 e. The zero-order valence-electron chi connectivity index (χ0n) is 16.9. The minimum atomic E-state index is -0.373. The third-order valence-corrected chi connectivity index (χ3v) is 4.71. The van der Waals surface area contributed by atoms with Gasteiger partial charge in [-0.1, -0.05) is 74.9 Å². The highest BCUT2D eigenvalue weighted by molar-refractivity contribution is 5.83. The van der Waals surface area contributed by atoms with E-state index < -0.39 is 0 Å². The van der Waals surface area contributed by atoms with Gasteiger partial charge in [-0.3, -0.25) is 20.0 Å². The lowest BCUT2D eigenvalue weighted by atomic mass is 10.0. The molecule has 0 bridgehead atoms. The number of benzene rings is 1. The van der Waals surface area contributed by atoms with Crippen molar-refractivity contribution in [2.45, 2.75) is 77.0 Å². The van der Waals surface area contributed by atoms with E-state index in [9.17, 15) is 9.59 Å². The molecule has 0 aliphatic carbocycles. The van der Waals surface area contributed by atoms with E-state index in [4.69, 9.17) is 11.7 Å². The molecule has 0 radical (unpaired) electrons. The topological polar surface area (TPSA) is 101 Å². The normalized spacial score (nSPS) is 10.9. The summed E-state index contributed by atoms with van der Waals surface area (Å²) in [5.41, 5.74) is 3.43. The van der Waals surface area contributed by atoms with Crippen molar-refractivity contribution < 1.29 is 9.59 Å². The van der Waals surface area contributed by atoms with Gasteiger partial charge in [0, 0.05) is 19.0 Å². The van der Waals surface area contributed by atoms with Gasteiger partial charge in [-0.15, -0.1) is 0 Å². The second kappa shape index (κ2) is 15.8. The molecule has 0 saturated carbocycles. The lowest BCUT2D eigenvalue weighted by Gasteiger charge is -2.10. The molecule has 0 aliphatic heterocycles. The predicted molar refractivity (Wildman–Crippen MR) is 113 cm³/mol. The van der Waals surface area contributed by atoms with Crippen LogP contribution in [0.25, 0.3) is 0 Å². The van der Waals surface area contributed by atoms with E-state index in [0.29, 0.717) is 0 Å². The molecule has 0 spiro atoms. The zero-order valence-corrected chi connectivity index (χ0v) is 16.9. The van der Waals surface area contributed by atoms with Gasteiger partial charge in [0.1, 0.15) is 0 Å². The summed E-state index contributed by atoms with van der Waals surface area (Å²) >= 11 is 0. The van der Waals surface area contributed by atoms with Crippen LogP contribution in [0, 0.1) is 0 Å². The largest absolute Gasteiger partial charge is 0.294 e. The Kier molecular flexibility index (Phi) is 13.5. The SMILES string of the molecule is NNC(=O)CCC(=O)N(N)C=CCCCCCCCCCCc1ccccc1. The highest BCUT2D eigenvalue weighted by Gasteiger charge is 2.08. The molecule has 0 aliphatic rings. The lowest BCUT2D eigenvalue weighted by molar-refractivity contribution is -0.131. The molecule has 6 nitrogen and oxygen atoms in total. The van der Waals surface area contributed by atoms with Crippen molar-refractivity contribution in [1.82, 2.24) is 10.4 Å². The first-order valence-electron chi connectivity index (χ1n) is 10.4. The van der Waals surface area contributed by atoms with Gasteiger partial charge in [-0.05, 0) is 31.2 Å². The number of hydrogen-bond donors (Lipinski definition) is 3. The first kappa shape index (κ1) is 23.9. The number of rotatable bonds is 15. The Bertz CT molecular complexity index is 575. The van der Waals surface area contributed by atoms with Crippen LogP contribution < -0.4 is 17.1 Å². The van der Waals surface area contributed by atoms with Crippen LogP contribution in [0.15, 0.2) is 42.6 Å². The van der Waals surface area contributed by atoms with Crippen LogP contribution in [0.2, 0.25) is 0 Å². The summed E-state index contributed by atoms with van der Waals surface area (Å²) in [6.07, 6.45) is 15.7. The van der Waals surface area contributed by atoms with Crippen LogP contribution in [0.3, 0.4) is 0 Å². The van der Waals surface area contributed by atoms with E-state index in [1.54, 1.807) is 6.20 Å². The third-order valence-electron chi connectivity index (χ3n) is 4.71. The summed E-state index contributed by atoms with van der Waals surface area (Å²) in [5.74, 6) is 9.93. The van der Waals surface area contributed by atoms with E-state index in [1.807, 2.05) is 11.5 Å². The van der Waals surface area contributed by atoms with Crippen molar-refractivity contribution in [2.75, 3.05) is 0 Å². The number of hydrogen-bond acceptors (Lipinski definition) is 4. The van der Waals surface area contributed by atoms with Crippen molar-refractivity contribution in [2.24, 2.45) is 11.7 Å². The van der Waals surface area contributed by atoms with Crippen molar-refractivity contribution >= 4 is 11.8 Å². The summed E-state index contributed by atoms with van der Waals surface area (Å²) < 4.78 is 0. The van der Waals surface area contributed by atoms with Gasteiger partial charge in [0.15, 0.2) is 0 Å². The first-order valence-corrected chi connectivity index (χ1v) is 10.4. The number of carbonyl (C=O) groups excluding carboxylic acids is 2. The van der Waals surface area contributed by atoms with Gasteiger partial charge in [-0.25, -0.2) is 11.7 Å². The molecular formula is C22H36N4O2. The monoisotopic (exact) mass is 388 g/mol. The molecule has 0 fully saturated rings. The Labute approximate surface area is 169 Å². The Balaban J connectivity index is 1.90. The minimum Gasteiger partial charge on any atom is -0.294 e. The molecular weight excluding hydrogens is 352 g/mol. The number of amides is 2. The van der Waals surface area contributed by atoms with Crippen molar-refractivity contribution in [3.8, 4) is 0 Å². The quantitative estimate of drug-likeness (QED) is 0.184. The number of nitrogens with one attached hydrogen (secondary N) is 1. The average Bonchev–Trinajstić information content (AvgIpc) is 2.72. The minimum absolute atomic E-state index is 0.0448. The van der Waals surface area contributed by atoms with Gasteiger partial charge < -0.3 is 0 Å². The number of nitrogens with two attached hydrogens (primary N) is 2. The van der Waals surface area contributed by atoms with Gasteiger partial charge in [0.2, 0.25) is 11.8 Å².